The lowest BCUT2D eigenvalue weighted by Crippen LogP contribution is -2.36. The largest absolute Gasteiger partial charge is 0.386 e. The van der Waals surface area contributed by atoms with Crippen LogP contribution in [0.5, 0.6) is 0 Å². The standard InChI is InChI=1S/C41H74O2/c1-33(2)19-14-22-36(5)25-17-28-37(6)26-15-23-34(3)20-12-13-21-35(4)24-16-27-38(7)29-18-30-39(8)31-32-40(42)41(9,10)43-11/h19,23,25,30-32,35,37-38,40,42H,12-18,20-22,24,26-29H2,1-11H3/b32-31+,34-23+,36-25+,39-30+/t35?,37-,38?,40?/m0/s1. The molecule has 0 aromatic rings. The molecule has 0 aromatic carbocycles. The van der Waals surface area contributed by atoms with Crippen LogP contribution in [-0.4, -0.2) is 23.9 Å². The Morgan fingerprint density at radius 2 is 1.12 bits per heavy atom. The Morgan fingerprint density at radius 3 is 1.67 bits per heavy atom. The SMILES string of the molecule is COC(C)(C)C(O)/C=C/C(C)=C/CCC(C)CCCC(C)CCCC/C(C)=C/CC[C@H](C)CC/C=C(\C)CCC=C(C)C. The highest BCUT2D eigenvalue weighted by Gasteiger charge is 2.24. The third kappa shape index (κ3) is 24.6. The topological polar surface area (TPSA) is 29.5 Å². The van der Waals surface area contributed by atoms with E-state index in [1.54, 1.807) is 18.3 Å². The van der Waals surface area contributed by atoms with E-state index in [0.29, 0.717) is 0 Å². The molecule has 4 atom stereocenters. The first-order chi connectivity index (χ1) is 20.3. The smallest absolute Gasteiger partial charge is 0.101 e. The van der Waals surface area contributed by atoms with Gasteiger partial charge in [0.2, 0.25) is 0 Å². The van der Waals surface area contributed by atoms with Crippen LogP contribution in [0.3, 0.4) is 0 Å². The Kier molecular flexibility index (Phi) is 24.1. The molecule has 0 radical (unpaired) electrons. The number of allylic oxidation sites excluding steroid dienone is 9. The highest BCUT2D eigenvalue weighted by Crippen LogP contribution is 2.22. The van der Waals surface area contributed by atoms with Crippen molar-refractivity contribution in [2.45, 2.75) is 177 Å². The zero-order chi connectivity index (χ0) is 32.7. The van der Waals surface area contributed by atoms with Gasteiger partial charge < -0.3 is 9.84 Å². The van der Waals surface area contributed by atoms with Gasteiger partial charge in [-0.2, -0.15) is 0 Å². The lowest BCUT2D eigenvalue weighted by Gasteiger charge is -2.26. The first-order valence-electron chi connectivity index (χ1n) is 17.8. The summed E-state index contributed by atoms with van der Waals surface area (Å²) in [5, 5.41) is 10.2. The van der Waals surface area contributed by atoms with Gasteiger partial charge in [-0.1, -0.05) is 112 Å². The van der Waals surface area contributed by atoms with E-state index >= 15 is 0 Å². The van der Waals surface area contributed by atoms with Crippen molar-refractivity contribution in [1.82, 2.24) is 0 Å². The van der Waals surface area contributed by atoms with Crippen molar-refractivity contribution in [3.63, 3.8) is 0 Å². The minimum Gasteiger partial charge on any atom is -0.386 e. The first-order valence-corrected chi connectivity index (χ1v) is 17.8. The van der Waals surface area contributed by atoms with E-state index in [9.17, 15) is 5.11 Å². The second-order valence-corrected chi connectivity index (χ2v) is 14.7. The van der Waals surface area contributed by atoms with Crippen LogP contribution in [0.1, 0.15) is 166 Å². The molecule has 0 bridgehead atoms. The Morgan fingerprint density at radius 1 is 0.628 bits per heavy atom. The van der Waals surface area contributed by atoms with Gasteiger partial charge in [0.25, 0.3) is 0 Å². The normalized spacial score (nSPS) is 16.4. The summed E-state index contributed by atoms with van der Waals surface area (Å²) in [5.74, 6) is 2.43. The van der Waals surface area contributed by atoms with Crippen molar-refractivity contribution in [2.75, 3.05) is 7.11 Å². The molecule has 0 heterocycles. The quantitative estimate of drug-likeness (QED) is 0.0643. The van der Waals surface area contributed by atoms with Crippen molar-refractivity contribution >= 4 is 0 Å². The predicted octanol–water partition coefficient (Wildman–Crippen LogP) is 12.9. The van der Waals surface area contributed by atoms with E-state index in [2.05, 4.69) is 79.7 Å². The number of hydrogen-bond acceptors (Lipinski definition) is 2. The molecule has 43 heavy (non-hydrogen) atoms. The summed E-state index contributed by atoms with van der Waals surface area (Å²) in [6, 6.07) is 0. The van der Waals surface area contributed by atoms with Gasteiger partial charge in [-0.25, -0.2) is 0 Å². The summed E-state index contributed by atoms with van der Waals surface area (Å²) in [6.07, 6.45) is 32.2. The van der Waals surface area contributed by atoms with Gasteiger partial charge in [0.15, 0.2) is 0 Å². The predicted molar refractivity (Wildman–Crippen MR) is 194 cm³/mol. The summed E-state index contributed by atoms with van der Waals surface area (Å²) in [4.78, 5) is 0. The molecule has 2 heteroatoms. The van der Waals surface area contributed by atoms with Gasteiger partial charge in [-0.3, -0.25) is 0 Å². The van der Waals surface area contributed by atoms with E-state index in [1.165, 1.54) is 101 Å². The number of aliphatic hydroxyl groups is 1. The number of ether oxygens (including phenoxy) is 1. The van der Waals surface area contributed by atoms with Crippen LogP contribution in [-0.2, 0) is 4.74 Å². The van der Waals surface area contributed by atoms with Crippen LogP contribution in [0.25, 0.3) is 0 Å². The molecule has 250 valence electrons. The van der Waals surface area contributed by atoms with Crippen molar-refractivity contribution in [2.24, 2.45) is 17.8 Å². The maximum absolute atomic E-state index is 10.2. The zero-order valence-electron chi connectivity index (χ0n) is 30.7. The molecule has 0 saturated heterocycles. The van der Waals surface area contributed by atoms with E-state index in [-0.39, 0.29) is 0 Å². The average molecular weight is 599 g/mol. The summed E-state index contributed by atoms with van der Waals surface area (Å²) in [5.41, 5.74) is 5.23. The summed E-state index contributed by atoms with van der Waals surface area (Å²) in [7, 11) is 1.64. The van der Waals surface area contributed by atoms with E-state index in [4.69, 9.17) is 4.74 Å². The lowest BCUT2D eigenvalue weighted by molar-refractivity contribution is -0.0562. The number of aliphatic hydroxyl groups excluding tert-OH is 1. The molecule has 0 spiro atoms. The molecule has 1 N–H and O–H groups in total. The van der Waals surface area contributed by atoms with E-state index in [1.807, 2.05) is 26.0 Å². The van der Waals surface area contributed by atoms with Crippen LogP contribution in [0.2, 0.25) is 0 Å². The Balaban J connectivity index is 3.97. The Hall–Kier alpha value is -1.38. The van der Waals surface area contributed by atoms with Crippen LogP contribution in [0.15, 0.2) is 58.7 Å². The molecule has 0 aliphatic heterocycles. The van der Waals surface area contributed by atoms with Gasteiger partial charge in [-0.05, 0) is 130 Å². The highest BCUT2D eigenvalue weighted by molar-refractivity contribution is 5.18. The van der Waals surface area contributed by atoms with Crippen molar-refractivity contribution in [1.29, 1.82) is 0 Å². The minimum absolute atomic E-state index is 0.556. The maximum atomic E-state index is 10.2. The van der Waals surface area contributed by atoms with Crippen LogP contribution in [0.4, 0.5) is 0 Å². The third-order valence-corrected chi connectivity index (χ3v) is 9.21. The molecule has 0 aliphatic rings. The zero-order valence-corrected chi connectivity index (χ0v) is 30.7. The number of unbranched alkanes of at least 4 members (excludes halogenated alkanes) is 1. The van der Waals surface area contributed by atoms with Gasteiger partial charge in [0.05, 0.1) is 5.60 Å². The van der Waals surface area contributed by atoms with Gasteiger partial charge in [0.1, 0.15) is 6.10 Å². The van der Waals surface area contributed by atoms with Crippen LogP contribution in [0, 0.1) is 17.8 Å². The van der Waals surface area contributed by atoms with Crippen molar-refractivity contribution < 1.29 is 9.84 Å². The second kappa shape index (κ2) is 24.9. The molecule has 0 rings (SSSR count). The minimum atomic E-state index is -0.601. The Bertz CT molecular complexity index is 849. The third-order valence-electron chi connectivity index (χ3n) is 9.21. The summed E-state index contributed by atoms with van der Waals surface area (Å²) >= 11 is 0. The first kappa shape index (κ1) is 41.6. The van der Waals surface area contributed by atoms with Crippen LogP contribution < -0.4 is 0 Å². The fourth-order valence-corrected chi connectivity index (χ4v) is 5.42. The van der Waals surface area contributed by atoms with E-state index < -0.39 is 11.7 Å². The molecule has 0 amide bonds. The molecule has 3 unspecified atom stereocenters. The molecular formula is C41H74O2. The highest BCUT2D eigenvalue weighted by atomic mass is 16.5. The van der Waals surface area contributed by atoms with Gasteiger partial charge in [0, 0.05) is 7.11 Å². The monoisotopic (exact) mass is 599 g/mol. The summed E-state index contributed by atoms with van der Waals surface area (Å²) in [6.45, 7) is 22.2. The van der Waals surface area contributed by atoms with E-state index in [0.717, 1.165) is 24.2 Å². The summed E-state index contributed by atoms with van der Waals surface area (Å²) < 4.78 is 5.35. The molecule has 0 saturated carbocycles. The second-order valence-electron chi connectivity index (χ2n) is 14.7. The number of rotatable bonds is 25. The van der Waals surface area contributed by atoms with Gasteiger partial charge >= 0.3 is 0 Å². The fourth-order valence-electron chi connectivity index (χ4n) is 5.42. The molecule has 0 fully saturated rings. The van der Waals surface area contributed by atoms with Crippen molar-refractivity contribution in [3.8, 4) is 0 Å². The molecule has 0 aliphatic carbocycles. The fraction of sp³-hybridized carbons (Fsp3) is 0.756. The Labute approximate surface area is 270 Å². The number of hydrogen-bond donors (Lipinski definition) is 1. The number of methoxy groups -OCH3 is 1. The average Bonchev–Trinajstić information content (AvgIpc) is 2.93. The molecule has 0 aromatic heterocycles. The van der Waals surface area contributed by atoms with Crippen LogP contribution >= 0.6 is 0 Å². The molecular weight excluding hydrogens is 524 g/mol. The molecule has 2 nitrogen and oxygen atoms in total. The maximum Gasteiger partial charge on any atom is 0.101 e. The van der Waals surface area contributed by atoms with Crippen molar-refractivity contribution in [3.05, 3.63) is 58.7 Å². The lowest BCUT2D eigenvalue weighted by atomic mass is 9.92. The van der Waals surface area contributed by atoms with Gasteiger partial charge in [-0.15, -0.1) is 0 Å².